The first-order valence-corrected chi connectivity index (χ1v) is 6.41. The highest BCUT2D eigenvalue weighted by atomic mass is 19.1. The molecule has 0 fully saturated rings. The second-order valence-corrected chi connectivity index (χ2v) is 4.75. The van der Waals surface area contributed by atoms with Gasteiger partial charge in [0.1, 0.15) is 0 Å². The fraction of sp³-hybridized carbons (Fsp3) is 0.500. The van der Waals surface area contributed by atoms with Crippen LogP contribution in [0.4, 0.5) is 4.39 Å². The van der Waals surface area contributed by atoms with E-state index in [0.29, 0.717) is 18.0 Å². The molecule has 0 spiro atoms. The van der Waals surface area contributed by atoms with Gasteiger partial charge in [-0.3, -0.25) is 4.79 Å². The molecule has 1 aromatic carbocycles. The van der Waals surface area contributed by atoms with E-state index in [9.17, 15) is 9.18 Å². The molecule has 19 heavy (non-hydrogen) atoms. The Kier molecular flexibility index (Phi) is 6.29. The van der Waals surface area contributed by atoms with Crippen LogP contribution in [0, 0.1) is 11.7 Å². The number of hydrogen-bond donors (Lipinski definition) is 2. The Balaban J connectivity index is 2.46. The summed E-state index contributed by atoms with van der Waals surface area (Å²) in [5.41, 5.74) is 6.04. The molecule has 0 heterocycles. The lowest BCUT2D eigenvalue weighted by atomic mass is 10.1. The van der Waals surface area contributed by atoms with Gasteiger partial charge in [-0.1, -0.05) is 26.0 Å². The lowest BCUT2D eigenvalue weighted by Crippen LogP contribution is -2.30. The number of hydrogen-bond acceptors (Lipinski definition) is 3. The molecule has 0 radical (unpaired) electrons. The topological polar surface area (TPSA) is 64.3 Å². The molecule has 0 bridgehead atoms. The summed E-state index contributed by atoms with van der Waals surface area (Å²) in [6.07, 6.45) is 0.902. The van der Waals surface area contributed by atoms with Gasteiger partial charge in [-0.2, -0.15) is 0 Å². The van der Waals surface area contributed by atoms with Crippen LogP contribution in [0.25, 0.3) is 0 Å². The number of nitrogens with two attached hydrogens (primary N) is 1. The van der Waals surface area contributed by atoms with Crippen molar-refractivity contribution in [2.24, 2.45) is 11.7 Å². The molecule has 1 amide bonds. The zero-order valence-corrected chi connectivity index (χ0v) is 11.4. The Hall–Kier alpha value is -1.62. The van der Waals surface area contributed by atoms with Crippen LogP contribution in [0.2, 0.25) is 0 Å². The van der Waals surface area contributed by atoms with Gasteiger partial charge >= 0.3 is 0 Å². The molecular weight excluding hydrogens is 247 g/mol. The van der Waals surface area contributed by atoms with Crippen molar-refractivity contribution in [3.8, 4) is 5.75 Å². The summed E-state index contributed by atoms with van der Waals surface area (Å²) in [5.74, 6) is -0.176. The van der Waals surface area contributed by atoms with Gasteiger partial charge in [0.25, 0.3) is 5.91 Å². The zero-order chi connectivity index (χ0) is 14.3. The van der Waals surface area contributed by atoms with E-state index in [1.54, 1.807) is 12.1 Å². The number of carbonyl (C=O) groups excluding carboxylic acids is 1. The maximum atomic E-state index is 13.5. The summed E-state index contributed by atoms with van der Waals surface area (Å²) in [6.45, 7) is 4.72. The van der Waals surface area contributed by atoms with Gasteiger partial charge in [-0.25, -0.2) is 4.39 Å². The minimum Gasteiger partial charge on any atom is -0.480 e. The summed E-state index contributed by atoms with van der Waals surface area (Å²) in [5, 5.41) is 2.72. The monoisotopic (exact) mass is 268 g/mol. The third kappa shape index (κ3) is 5.26. The number of amides is 1. The third-order valence-electron chi connectivity index (χ3n) is 2.66. The number of benzene rings is 1. The summed E-state index contributed by atoms with van der Waals surface area (Å²) in [4.78, 5) is 11.5. The second kappa shape index (κ2) is 7.74. The molecule has 0 aliphatic heterocycles. The van der Waals surface area contributed by atoms with Gasteiger partial charge in [-0.05, 0) is 18.4 Å². The Morgan fingerprint density at radius 1 is 1.47 bits per heavy atom. The standard InChI is InChI=1S/C14H21FN2O2/c1-10(2)6-7-17-13(18)9-19-14-11(8-16)4-3-5-12(14)15/h3-5,10H,6-9,16H2,1-2H3,(H,17,18). The van der Waals surface area contributed by atoms with E-state index < -0.39 is 5.82 Å². The molecule has 0 saturated carbocycles. The Labute approximate surface area is 113 Å². The average molecular weight is 268 g/mol. The number of nitrogens with one attached hydrogen (secondary N) is 1. The predicted octanol–water partition coefficient (Wildman–Crippen LogP) is 1.83. The average Bonchev–Trinajstić information content (AvgIpc) is 2.36. The molecule has 5 heteroatoms. The van der Waals surface area contributed by atoms with E-state index in [2.05, 4.69) is 19.2 Å². The molecule has 4 nitrogen and oxygen atoms in total. The third-order valence-corrected chi connectivity index (χ3v) is 2.66. The van der Waals surface area contributed by atoms with Crippen molar-refractivity contribution in [1.82, 2.24) is 5.32 Å². The lowest BCUT2D eigenvalue weighted by molar-refractivity contribution is -0.123. The molecular formula is C14H21FN2O2. The first-order valence-electron chi connectivity index (χ1n) is 6.41. The smallest absolute Gasteiger partial charge is 0.257 e. The summed E-state index contributed by atoms with van der Waals surface area (Å²) >= 11 is 0. The Morgan fingerprint density at radius 3 is 2.84 bits per heavy atom. The summed E-state index contributed by atoms with van der Waals surface area (Å²) < 4.78 is 18.7. The molecule has 106 valence electrons. The Bertz CT molecular complexity index is 422. The van der Waals surface area contributed by atoms with Crippen LogP contribution >= 0.6 is 0 Å². The van der Waals surface area contributed by atoms with E-state index in [1.165, 1.54) is 6.07 Å². The van der Waals surface area contributed by atoms with E-state index in [4.69, 9.17) is 10.5 Å². The van der Waals surface area contributed by atoms with Crippen molar-refractivity contribution in [2.45, 2.75) is 26.8 Å². The van der Waals surface area contributed by atoms with Crippen molar-refractivity contribution in [3.05, 3.63) is 29.6 Å². The quantitative estimate of drug-likeness (QED) is 0.793. The predicted molar refractivity (Wildman–Crippen MR) is 72.3 cm³/mol. The van der Waals surface area contributed by atoms with E-state index in [0.717, 1.165) is 6.42 Å². The molecule has 0 aliphatic rings. The van der Waals surface area contributed by atoms with Crippen molar-refractivity contribution >= 4 is 5.91 Å². The highest BCUT2D eigenvalue weighted by molar-refractivity contribution is 5.77. The molecule has 1 rings (SSSR count). The number of rotatable bonds is 7. The molecule has 3 N–H and O–H groups in total. The number of para-hydroxylation sites is 1. The van der Waals surface area contributed by atoms with Gasteiger partial charge in [0.2, 0.25) is 0 Å². The fourth-order valence-electron chi connectivity index (χ4n) is 1.56. The van der Waals surface area contributed by atoms with Gasteiger partial charge in [0.15, 0.2) is 18.2 Å². The van der Waals surface area contributed by atoms with Crippen molar-refractivity contribution in [3.63, 3.8) is 0 Å². The fourth-order valence-corrected chi connectivity index (χ4v) is 1.56. The maximum Gasteiger partial charge on any atom is 0.257 e. The summed E-state index contributed by atoms with van der Waals surface area (Å²) in [7, 11) is 0. The second-order valence-electron chi connectivity index (χ2n) is 4.75. The molecule has 0 saturated heterocycles. The summed E-state index contributed by atoms with van der Waals surface area (Å²) in [6, 6.07) is 4.52. The molecule has 0 unspecified atom stereocenters. The Morgan fingerprint density at radius 2 is 2.21 bits per heavy atom. The van der Waals surface area contributed by atoms with E-state index in [1.807, 2.05) is 0 Å². The number of ether oxygens (including phenoxy) is 1. The van der Waals surface area contributed by atoms with Crippen LogP contribution in [-0.2, 0) is 11.3 Å². The molecule has 1 aromatic rings. The SMILES string of the molecule is CC(C)CCNC(=O)COc1c(F)cccc1CN. The highest BCUT2D eigenvalue weighted by Crippen LogP contribution is 2.21. The van der Waals surface area contributed by atoms with Crippen LogP contribution < -0.4 is 15.8 Å². The van der Waals surface area contributed by atoms with Gasteiger partial charge in [0, 0.05) is 18.7 Å². The van der Waals surface area contributed by atoms with Gasteiger partial charge < -0.3 is 15.8 Å². The molecule has 0 atom stereocenters. The van der Waals surface area contributed by atoms with Crippen molar-refractivity contribution in [1.29, 1.82) is 0 Å². The highest BCUT2D eigenvalue weighted by Gasteiger charge is 2.10. The van der Waals surface area contributed by atoms with E-state index in [-0.39, 0.29) is 24.8 Å². The minimum atomic E-state index is -0.502. The van der Waals surface area contributed by atoms with Gasteiger partial charge in [0.05, 0.1) is 0 Å². The van der Waals surface area contributed by atoms with Crippen LogP contribution in [0.1, 0.15) is 25.8 Å². The molecule has 0 aliphatic carbocycles. The van der Waals surface area contributed by atoms with Gasteiger partial charge in [-0.15, -0.1) is 0 Å². The normalized spacial score (nSPS) is 10.6. The van der Waals surface area contributed by atoms with Crippen LogP contribution in [0.15, 0.2) is 18.2 Å². The first kappa shape index (κ1) is 15.4. The van der Waals surface area contributed by atoms with Crippen LogP contribution in [-0.4, -0.2) is 19.1 Å². The number of carbonyl (C=O) groups is 1. The van der Waals surface area contributed by atoms with Crippen LogP contribution in [0.3, 0.4) is 0 Å². The zero-order valence-electron chi connectivity index (χ0n) is 11.4. The lowest BCUT2D eigenvalue weighted by Gasteiger charge is -2.11. The van der Waals surface area contributed by atoms with Crippen LogP contribution in [0.5, 0.6) is 5.75 Å². The van der Waals surface area contributed by atoms with Crippen molar-refractivity contribution < 1.29 is 13.9 Å². The minimum absolute atomic E-state index is 0.0593. The largest absolute Gasteiger partial charge is 0.480 e. The number of halogens is 1. The first-order chi connectivity index (χ1) is 9.04. The van der Waals surface area contributed by atoms with Crippen molar-refractivity contribution in [2.75, 3.05) is 13.2 Å². The van der Waals surface area contributed by atoms with E-state index >= 15 is 0 Å². The molecule has 0 aromatic heterocycles. The maximum absolute atomic E-state index is 13.5.